The largest absolute Gasteiger partial charge is 0.506 e. The minimum absolute atomic E-state index is 0.0372. The summed E-state index contributed by atoms with van der Waals surface area (Å²) in [7, 11) is 0. The molecule has 0 aliphatic carbocycles. The first kappa shape index (κ1) is 13.9. The predicted octanol–water partition coefficient (Wildman–Crippen LogP) is 3.95. The van der Waals surface area contributed by atoms with Gasteiger partial charge >= 0.3 is 0 Å². The molecule has 1 atom stereocenters. The first-order valence-corrected chi connectivity index (χ1v) is 7.74. The van der Waals surface area contributed by atoms with Gasteiger partial charge in [-0.1, -0.05) is 37.3 Å². The number of carbonyl (C=O) groups is 1. The minimum atomic E-state index is -0.0372. The Hall–Kier alpha value is -2.03. The Morgan fingerprint density at radius 1 is 1.24 bits per heavy atom. The molecule has 1 N–H and O–H groups in total. The van der Waals surface area contributed by atoms with Crippen LogP contribution in [0.5, 0.6) is 5.75 Å². The van der Waals surface area contributed by atoms with E-state index in [1.54, 1.807) is 6.07 Å². The Morgan fingerprint density at radius 3 is 2.86 bits per heavy atom. The van der Waals surface area contributed by atoms with Crippen molar-refractivity contribution in [3.63, 3.8) is 0 Å². The zero-order chi connectivity index (χ0) is 14.8. The van der Waals surface area contributed by atoms with Gasteiger partial charge in [-0.3, -0.25) is 4.79 Å². The molecule has 1 heterocycles. The first-order chi connectivity index (χ1) is 10.2. The Balaban J connectivity index is 1.99. The van der Waals surface area contributed by atoms with Crippen LogP contribution in [-0.4, -0.2) is 28.5 Å². The maximum absolute atomic E-state index is 12.8. The van der Waals surface area contributed by atoms with E-state index in [0.717, 1.165) is 36.6 Å². The Labute approximate surface area is 125 Å². The van der Waals surface area contributed by atoms with Gasteiger partial charge in [0, 0.05) is 18.0 Å². The lowest BCUT2D eigenvalue weighted by Gasteiger charge is -2.35. The monoisotopic (exact) mass is 283 g/mol. The van der Waals surface area contributed by atoms with Crippen LogP contribution in [0.25, 0.3) is 10.8 Å². The van der Waals surface area contributed by atoms with E-state index < -0.39 is 0 Å². The van der Waals surface area contributed by atoms with E-state index in [2.05, 4.69) is 6.92 Å². The van der Waals surface area contributed by atoms with Crippen LogP contribution < -0.4 is 0 Å². The second-order valence-electron chi connectivity index (χ2n) is 5.74. The van der Waals surface area contributed by atoms with Gasteiger partial charge in [-0.25, -0.2) is 0 Å². The fourth-order valence-electron chi connectivity index (χ4n) is 3.27. The van der Waals surface area contributed by atoms with Gasteiger partial charge in [-0.2, -0.15) is 0 Å². The van der Waals surface area contributed by atoms with E-state index in [4.69, 9.17) is 0 Å². The molecule has 0 aromatic heterocycles. The molecule has 1 amide bonds. The summed E-state index contributed by atoms with van der Waals surface area (Å²) >= 11 is 0. The Kier molecular flexibility index (Phi) is 3.82. The minimum Gasteiger partial charge on any atom is -0.506 e. The number of piperidine rings is 1. The van der Waals surface area contributed by atoms with Gasteiger partial charge in [0.2, 0.25) is 0 Å². The van der Waals surface area contributed by atoms with E-state index in [-0.39, 0.29) is 11.7 Å². The van der Waals surface area contributed by atoms with Crippen LogP contribution in [-0.2, 0) is 0 Å². The molecule has 3 rings (SSSR count). The quantitative estimate of drug-likeness (QED) is 0.906. The summed E-state index contributed by atoms with van der Waals surface area (Å²) in [5, 5.41) is 12.2. The van der Waals surface area contributed by atoms with Crippen LogP contribution in [0, 0.1) is 0 Å². The van der Waals surface area contributed by atoms with Crippen molar-refractivity contribution < 1.29 is 9.90 Å². The number of amides is 1. The number of nitrogens with zero attached hydrogens (tertiary/aromatic N) is 1. The Morgan fingerprint density at radius 2 is 2.05 bits per heavy atom. The molecule has 1 aliphatic rings. The van der Waals surface area contributed by atoms with Crippen LogP contribution in [0.1, 0.15) is 43.0 Å². The second-order valence-corrected chi connectivity index (χ2v) is 5.74. The number of benzene rings is 2. The number of hydrogen-bond acceptors (Lipinski definition) is 2. The van der Waals surface area contributed by atoms with E-state index in [0.29, 0.717) is 11.6 Å². The highest BCUT2D eigenvalue weighted by molar-refractivity contribution is 6.03. The van der Waals surface area contributed by atoms with Crippen molar-refractivity contribution in [2.24, 2.45) is 0 Å². The summed E-state index contributed by atoms with van der Waals surface area (Å²) in [6.07, 6.45) is 4.28. The predicted molar refractivity (Wildman–Crippen MR) is 84.6 cm³/mol. The van der Waals surface area contributed by atoms with Crippen molar-refractivity contribution in [2.45, 2.75) is 38.6 Å². The number of rotatable bonds is 2. The summed E-state index contributed by atoms with van der Waals surface area (Å²) in [6.45, 7) is 2.92. The van der Waals surface area contributed by atoms with Crippen molar-refractivity contribution >= 4 is 16.7 Å². The van der Waals surface area contributed by atoms with Gasteiger partial charge in [-0.15, -0.1) is 0 Å². The maximum atomic E-state index is 12.8. The highest BCUT2D eigenvalue weighted by Gasteiger charge is 2.28. The van der Waals surface area contributed by atoms with Crippen LogP contribution in [0.15, 0.2) is 36.4 Å². The highest BCUT2D eigenvalue weighted by Crippen LogP contribution is 2.31. The first-order valence-electron chi connectivity index (χ1n) is 7.74. The number of aromatic hydroxyl groups is 1. The molecule has 3 nitrogen and oxygen atoms in total. The highest BCUT2D eigenvalue weighted by atomic mass is 16.3. The molecule has 110 valence electrons. The lowest BCUT2D eigenvalue weighted by molar-refractivity contribution is 0.0605. The zero-order valence-corrected chi connectivity index (χ0v) is 12.4. The summed E-state index contributed by atoms with van der Waals surface area (Å²) in [5.74, 6) is 0.0725. The third-order valence-corrected chi connectivity index (χ3v) is 4.49. The summed E-state index contributed by atoms with van der Waals surface area (Å²) in [4.78, 5) is 14.7. The third-order valence-electron chi connectivity index (χ3n) is 4.49. The van der Waals surface area contributed by atoms with E-state index in [9.17, 15) is 9.90 Å². The molecule has 0 radical (unpaired) electrons. The molecule has 1 saturated heterocycles. The van der Waals surface area contributed by atoms with Gasteiger partial charge in [0.1, 0.15) is 5.75 Å². The van der Waals surface area contributed by atoms with E-state index in [1.165, 1.54) is 6.42 Å². The maximum Gasteiger partial charge on any atom is 0.257 e. The zero-order valence-electron chi connectivity index (χ0n) is 12.4. The van der Waals surface area contributed by atoms with Crippen LogP contribution >= 0.6 is 0 Å². The third kappa shape index (κ3) is 2.48. The number of carbonyl (C=O) groups excluding carboxylic acids is 1. The van der Waals surface area contributed by atoms with Crippen molar-refractivity contribution in [3.05, 3.63) is 42.0 Å². The van der Waals surface area contributed by atoms with E-state index in [1.807, 2.05) is 35.2 Å². The fraction of sp³-hybridized carbons (Fsp3) is 0.389. The molecular formula is C18H21NO2. The van der Waals surface area contributed by atoms with Gasteiger partial charge in [0.25, 0.3) is 5.91 Å². The van der Waals surface area contributed by atoms with Gasteiger partial charge in [0.05, 0.1) is 5.56 Å². The van der Waals surface area contributed by atoms with E-state index >= 15 is 0 Å². The molecule has 1 fully saturated rings. The molecule has 2 aromatic carbocycles. The molecule has 21 heavy (non-hydrogen) atoms. The molecule has 2 aromatic rings. The second kappa shape index (κ2) is 5.76. The standard InChI is InChI=1S/C18H21NO2/c1-2-14-8-5-6-12-19(14)18(21)16-11-10-13-7-3-4-9-15(13)17(16)20/h3-4,7,9-11,14,20H,2,5-6,8,12H2,1H3. The molecule has 0 spiro atoms. The smallest absolute Gasteiger partial charge is 0.257 e. The molecule has 1 unspecified atom stereocenters. The van der Waals surface area contributed by atoms with Crippen molar-refractivity contribution in [1.82, 2.24) is 4.90 Å². The number of hydrogen-bond donors (Lipinski definition) is 1. The Bertz CT molecular complexity index is 665. The lowest BCUT2D eigenvalue weighted by Crippen LogP contribution is -2.43. The van der Waals surface area contributed by atoms with Crippen molar-refractivity contribution in [3.8, 4) is 5.75 Å². The van der Waals surface area contributed by atoms with Crippen LogP contribution in [0.3, 0.4) is 0 Å². The molecule has 3 heteroatoms. The number of phenolic OH excluding ortho intramolecular Hbond substituents is 1. The molecule has 0 bridgehead atoms. The van der Waals surface area contributed by atoms with Gasteiger partial charge in [0.15, 0.2) is 0 Å². The number of likely N-dealkylation sites (tertiary alicyclic amines) is 1. The summed E-state index contributed by atoms with van der Waals surface area (Å²) in [5.41, 5.74) is 0.425. The summed E-state index contributed by atoms with van der Waals surface area (Å²) in [6, 6.07) is 11.6. The van der Waals surface area contributed by atoms with Crippen molar-refractivity contribution in [2.75, 3.05) is 6.54 Å². The average molecular weight is 283 g/mol. The van der Waals surface area contributed by atoms with Gasteiger partial charge in [-0.05, 0) is 37.1 Å². The van der Waals surface area contributed by atoms with Crippen LogP contribution in [0.2, 0.25) is 0 Å². The number of phenols is 1. The fourth-order valence-corrected chi connectivity index (χ4v) is 3.27. The summed E-state index contributed by atoms with van der Waals surface area (Å²) < 4.78 is 0. The van der Waals surface area contributed by atoms with Crippen molar-refractivity contribution in [1.29, 1.82) is 0 Å². The van der Waals surface area contributed by atoms with Crippen LogP contribution in [0.4, 0.5) is 0 Å². The normalized spacial score (nSPS) is 18.9. The molecule has 0 saturated carbocycles. The SMILES string of the molecule is CCC1CCCCN1C(=O)c1ccc2ccccc2c1O. The average Bonchev–Trinajstić information content (AvgIpc) is 2.55. The topological polar surface area (TPSA) is 40.5 Å². The molecular weight excluding hydrogens is 262 g/mol. The van der Waals surface area contributed by atoms with Gasteiger partial charge < -0.3 is 10.0 Å². The molecule has 1 aliphatic heterocycles. The lowest BCUT2D eigenvalue weighted by atomic mass is 9.97. The number of fused-ring (bicyclic) bond motifs is 1.